The fraction of sp³-hybridized carbons (Fsp3) is 1.00. The third-order valence-corrected chi connectivity index (χ3v) is 5.24. The number of likely N-dealkylation sites (tertiary alicyclic amines) is 1. The van der Waals surface area contributed by atoms with Crippen LogP contribution in [0.15, 0.2) is 0 Å². The molecule has 2 unspecified atom stereocenters. The van der Waals surface area contributed by atoms with Crippen LogP contribution in [0.25, 0.3) is 0 Å². The van der Waals surface area contributed by atoms with Gasteiger partial charge in [0.05, 0.1) is 0 Å². The summed E-state index contributed by atoms with van der Waals surface area (Å²) in [5, 5.41) is 7.63. The number of unbranched alkanes of at least 4 members (excludes halogenated alkanes) is 1. The first-order valence-corrected chi connectivity index (χ1v) is 9.49. The lowest BCUT2D eigenvalue weighted by atomic mass is 10.00. The standard InChI is InChI=1S/C18H37N3/c1-3-4-12-21-13-9-17(10-14-21)20-16(2)15-18-8-6-5-7-11-19-18/h16-20H,3-15H2,1-2H3. The average molecular weight is 296 g/mol. The molecule has 0 amide bonds. The normalized spacial score (nSPS) is 27.4. The third kappa shape index (κ3) is 6.66. The zero-order valence-corrected chi connectivity index (χ0v) is 14.4. The first-order chi connectivity index (χ1) is 10.3. The highest BCUT2D eigenvalue weighted by Gasteiger charge is 2.21. The van der Waals surface area contributed by atoms with Gasteiger partial charge in [-0.3, -0.25) is 0 Å². The van der Waals surface area contributed by atoms with E-state index in [2.05, 4.69) is 29.4 Å². The minimum Gasteiger partial charge on any atom is -0.314 e. The molecule has 0 aromatic carbocycles. The van der Waals surface area contributed by atoms with E-state index in [1.807, 2.05) is 0 Å². The first kappa shape index (κ1) is 17.2. The molecule has 2 heterocycles. The Labute approximate surface area is 132 Å². The summed E-state index contributed by atoms with van der Waals surface area (Å²) >= 11 is 0. The largest absolute Gasteiger partial charge is 0.314 e. The third-order valence-electron chi connectivity index (χ3n) is 5.24. The number of nitrogens with zero attached hydrogens (tertiary/aromatic N) is 1. The molecule has 0 aromatic rings. The van der Waals surface area contributed by atoms with Crippen LogP contribution in [0.5, 0.6) is 0 Å². The van der Waals surface area contributed by atoms with Crippen LogP contribution in [0.3, 0.4) is 0 Å². The molecule has 0 radical (unpaired) electrons. The molecule has 2 rings (SSSR count). The maximum atomic E-state index is 3.90. The fourth-order valence-electron chi connectivity index (χ4n) is 3.90. The molecule has 2 atom stereocenters. The molecule has 0 saturated carbocycles. The Balaban J connectivity index is 1.61. The maximum absolute atomic E-state index is 3.90. The Morgan fingerprint density at radius 1 is 1.14 bits per heavy atom. The van der Waals surface area contributed by atoms with Crippen LogP contribution in [-0.4, -0.2) is 49.2 Å². The summed E-state index contributed by atoms with van der Waals surface area (Å²) in [5.41, 5.74) is 0. The van der Waals surface area contributed by atoms with Gasteiger partial charge in [-0.1, -0.05) is 26.2 Å². The van der Waals surface area contributed by atoms with Crippen LogP contribution in [0, 0.1) is 0 Å². The highest BCUT2D eigenvalue weighted by atomic mass is 15.1. The average Bonchev–Trinajstić information content (AvgIpc) is 2.75. The van der Waals surface area contributed by atoms with Gasteiger partial charge in [0.2, 0.25) is 0 Å². The van der Waals surface area contributed by atoms with Crippen molar-refractivity contribution in [3.05, 3.63) is 0 Å². The predicted octanol–water partition coefficient (Wildman–Crippen LogP) is 3.15. The van der Waals surface area contributed by atoms with Gasteiger partial charge in [0.15, 0.2) is 0 Å². The Kier molecular flexibility index (Phi) is 8.05. The van der Waals surface area contributed by atoms with E-state index in [9.17, 15) is 0 Å². The van der Waals surface area contributed by atoms with Crippen molar-refractivity contribution in [2.24, 2.45) is 0 Å². The van der Waals surface area contributed by atoms with Crippen molar-refractivity contribution in [2.75, 3.05) is 26.2 Å². The lowest BCUT2D eigenvalue weighted by molar-refractivity contribution is 0.187. The molecule has 124 valence electrons. The number of hydrogen-bond donors (Lipinski definition) is 2. The van der Waals surface area contributed by atoms with Gasteiger partial charge in [-0.15, -0.1) is 0 Å². The van der Waals surface area contributed by atoms with Gasteiger partial charge >= 0.3 is 0 Å². The van der Waals surface area contributed by atoms with Crippen molar-refractivity contribution in [1.82, 2.24) is 15.5 Å². The van der Waals surface area contributed by atoms with Gasteiger partial charge in [-0.2, -0.15) is 0 Å². The predicted molar refractivity (Wildman–Crippen MR) is 91.8 cm³/mol. The first-order valence-electron chi connectivity index (χ1n) is 9.49. The van der Waals surface area contributed by atoms with Gasteiger partial charge in [0.25, 0.3) is 0 Å². The summed E-state index contributed by atoms with van der Waals surface area (Å²) in [6.07, 6.45) is 12.2. The molecule has 3 heteroatoms. The minimum absolute atomic E-state index is 0.660. The highest BCUT2D eigenvalue weighted by Crippen LogP contribution is 2.15. The molecule has 3 nitrogen and oxygen atoms in total. The summed E-state index contributed by atoms with van der Waals surface area (Å²) in [6, 6.07) is 2.16. The zero-order valence-electron chi connectivity index (χ0n) is 14.4. The second kappa shape index (κ2) is 9.81. The summed E-state index contributed by atoms with van der Waals surface area (Å²) in [6.45, 7) is 9.81. The van der Waals surface area contributed by atoms with Crippen molar-refractivity contribution in [3.63, 3.8) is 0 Å². The van der Waals surface area contributed by atoms with E-state index >= 15 is 0 Å². The quantitative estimate of drug-likeness (QED) is 0.755. The summed E-state index contributed by atoms with van der Waals surface area (Å²) in [4.78, 5) is 2.65. The Bertz CT molecular complexity index is 253. The van der Waals surface area contributed by atoms with Crippen molar-refractivity contribution in [1.29, 1.82) is 0 Å². The Morgan fingerprint density at radius 3 is 2.71 bits per heavy atom. The van der Waals surface area contributed by atoms with E-state index in [4.69, 9.17) is 0 Å². The van der Waals surface area contributed by atoms with Crippen LogP contribution in [0.2, 0.25) is 0 Å². The van der Waals surface area contributed by atoms with Crippen LogP contribution in [0.1, 0.15) is 71.6 Å². The van der Waals surface area contributed by atoms with E-state index in [-0.39, 0.29) is 0 Å². The van der Waals surface area contributed by atoms with E-state index in [1.54, 1.807) is 0 Å². The van der Waals surface area contributed by atoms with Gasteiger partial charge < -0.3 is 15.5 Å². The molecule has 2 aliphatic rings. The summed E-state index contributed by atoms with van der Waals surface area (Å²) < 4.78 is 0. The fourth-order valence-corrected chi connectivity index (χ4v) is 3.90. The molecule has 2 aliphatic heterocycles. The molecule has 0 aliphatic carbocycles. The van der Waals surface area contributed by atoms with Crippen molar-refractivity contribution >= 4 is 0 Å². The SMILES string of the molecule is CCCCN1CCC(NC(C)CC2CCCCCN2)CC1. The minimum atomic E-state index is 0.660. The van der Waals surface area contributed by atoms with E-state index in [0.29, 0.717) is 6.04 Å². The van der Waals surface area contributed by atoms with E-state index in [0.717, 1.165) is 12.1 Å². The second-order valence-corrected chi connectivity index (χ2v) is 7.27. The second-order valence-electron chi connectivity index (χ2n) is 7.27. The highest BCUT2D eigenvalue weighted by molar-refractivity contribution is 4.82. The topological polar surface area (TPSA) is 27.3 Å². The van der Waals surface area contributed by atoms with Crippen molar-refractivity contribution in [3.8, 4) is 0 Å². The lowest BCUT2D eigenvalue weighted by Crippen LogP contribution is -2.47. The molecule has 0 bridgehead atoms. The van der Waals surface area contributed by atoms with Crippen molar-refractivity contribution in [2.45, 2.75) is 89.8 Å². The Morgan fingerprint density at radius 2 is 1.95 bits per heavy atom. The molecule has 21 heavy (non-hydrogen) atoms. The Hall–Kier alpha value is -0.120. The molecule has 2 fully saturated rings. The molecule has 0 aromatic heterocycles. The number of nitrogens with one attached hydrogen (secondary N) is 2. The molecular weight excluding hydrogens is 258 g/mol. The van der Waals surface area contributed by atoms with Crippen LogP contribution < -0.4 is 10.6 Å². The van der Waals surface area contributed by atoms with Gasteiger partial charge in [0.1, 0.15) is 0 Å². The van der Waals surface area contributed by atoms with Gasteiger partial charge in [0, 0.05) is 18.1 Å². The van der Waals surface area contributed by atoms with Crippen molar-refractivity contribution < 1.29 is 0 Å². The van der Waals surface area contributed by atoms with Crippen LogP contribution in [0.4, 0.5) is 0 Å². The smallest absolute Gasteiger partial charge is 0.00938 e. The van der Waals surface area contributed by atoms with E-state index in [1.165, 1.54) is 84.0 Å². The monoisotopic (exact) mass is 295 g/mol. The number of hydrogen-bond acceptors (Lipinski definition) is 3. The van der Waals surface area contributed by atoms with Gasteiger partial charge in [-0.05, 0) is 71.6 Å². The molecular formula is C18H37N3. The molecule has 0 spiro atoms. The van der Waals surface area contributed by atoms with E-state index < -0.39 is 0 Å². The summed E-state index contributed by atoms with van der Waals surface area (Å²) in [7, 11) is 0. The maximum Gasteiger partial charge on any atom is 0.00938 e. The number of rotatable bonds is 7. The molecule has 2 saturated heterocycles. The lowest BCUT2D eigenvalue weighted by Gasteiger charge is -2.34. The number of piperidine rings is 1. The van der Waals surface area contributed by atoms with Gasteiger partial charge in [-0.25, -0.2) is 0 Å². The zero-order chi connectivity index (χ0) is 14.9. The van der Waals surface area contributed by atoms with Crippen LogP contribution >= 0.6 is 0 Å². The summed E-state index contributed by atoms with van der Waals surface area (Å²) in [5.74, 6) is 0. The molecule has 2 N–H and O–H groups in total. The van der Waals surface area contributed by atoms with Crippen LogP contribution in [-0.2, 0) is 0 Å².